The summed E-state index contributed by atoms with van der Waals surface area (Å²) < 4.78 is 7.65. The van der Waals surface area contributed by atoms with Crippen molar-refractivity contribution in [1.29, 1.82) is 0 Å². The molecule has 4 rings (SSSR count). The van der Waals surface area contributed by atoms with Crippen LogP contribution in [0.15, 0.2) is 39.3 Å². The molecule has 106 valence electrons. The van der Waals surface area contributed by atoms with Crippen LogP contribution in [-0.4, -0.2) is 14.4 Å². The summed E-state index contributed by atoms with van der Waals surface area (Å²) in [7, 11) is 0. The molecule has 0 aliphatic rings. The van der Waals surface area contributed by atoms with Gasteiger partial charge < -0.3 is 4.42 Å². The second kappa shape index (κ2) is 5.05. The van der Waals surface area contributed by atoms with Crippen molar-refractivity contribution in [3.8, 4) is 0 Å². The molecule has 0 unspecified atom stereocenters. The standard InChI is InChI=1S/C14H10ClN3OS2/c1-8-6-20-13-16-10(12(15)18(8)13)7-21-14-17-9-4-2-3-5-11(9)19-14/h2-6H,7H2,1H3. The second-order valence-electron chi connectivity index (χ2n) is 4.58. The Morgan fingerprint density at radius 1 is 1.33 bits per heavy atom. The van der Waals surface area contributed by atoms with E-state index in [1.54, 1.807) is 11.3 Å². The number of para-hydroxylation sites is 2. The minimum absolute atomic E-state index is 0.638. The van der Waals surface area contributed by atoms with E-state index in [0.717, 1.165) is 27.4 Å². The molecule has 0 amide bonds. The zero-order valence-electron chi connectivity index (χ0n) is 11.0. The van der Waals surface area contributed by atoms with E-state index < -0.39 is 0 Å². The number of oxazole rings is 1. The van der Waals surface area contributed by atoms with Crippen molar-refractivity contribution in [3.63, 3.8) is 0 Å². The predicted molar refractivity (Wildman–Crippen MR) is 86.4 cm³/mol. The van der Waals surface area contributed by atoms with E-state index in [1.807, 2.05) is 41.0 Å². The third kappa shape index (κ3) is 2.23. The lowest BCUT2D eigenvalue weighted by Crippen LogP contribution is -1.85. The van der Waals surface area contributed by atoms with Crippen LogP contribution >= 0.6 is 34.7 Å². The Morgan fingerprint density at radius 3 is 3.00 bits per heavy atom. The molecule has 0 radical (unpaired) electrons. The Labute approximate surface area is 133 Å². The molecule has 0 fully saturated rings. The zero-order chi connectivity index (χ0) is 14.4. The number of thiazole rings is 1. The Morgan fingerprint density at radius 2 is 2.19 bits per heavy atom. The van der Waals surface area contributed by atoms with Crippen molar-refractivity contribution in [2.75, 3.05) is 0 Å². The maximum absolute atomic E-state index is 6.39. The number of fused-ring (bicyclic) bond motifs is 2. The number of nitrogens with zero attached hydrogens (tertiary/aromatic N) is 3. The third-order valence-corrected chi connectivity index (χ3v) is 5.32. The number of aryl methyl sites for hydroxylation is 1. The monoisotopic (exact) mass is 335 g/mol. The van der Waals surface area contributed by atoms with Crippen LogP contribution in [0.3, 0.4) is 0 Å². The first-order valence-corrected chi connectivity index (χ1v) is 8.56. The normalized spacial score (nSPS) is 11.7. The number of aromatic nitrogens is 3. The Hall–Kier alpha value is -1.50. The van der Waals surface area contributed by atoms with E-state index in [1.165, 1.54) is 11.8 Å². The number of thioether (sulfide) groups is 1. The van der Waals surface area contributed by atoms with Gasteiger partial charge in [-0.15, -0.1) is 11.3 Å². The first-order chi connectivity index (χ1) is 10.2. The van der Waals surface area contributed by atoms with E-state index in [-0.39, 0.29) is 0 Å². The van der Waals surface area contributed by atoms with E-state index >= 15 is 0 Å². The number of rotatable bonds is 3. The third-order valence-electron chi connectivity index (χ3n) is 3.15. The molecule has 0 spiro atoms. The first-order valence-electron chi connectivity index (χ1n) is 6.31. The quantitative estimate of drug-likeness (QED) is 0.505. The molecule has 4 aromatic rings. The molecule has 0 saturated heterocycles. The highest BCUT2D eigenvalue weighted by Crippen LogP contribution is 2.30. The summed E-state index contributed by atoms with van der Waals surface area (Å²) in [6.45, 7) is 2.02. The van der Waals surface area contributed by atoms with E-state index in [0.29, 0.717) is 16.1 Å². The first kappa shape index (κ1) is 13.2. The number of imidazole rings is 1. The molecule has 0 N–H and O–H groups in total. The van der Waals surface area contributed by atoms with Crippen LogP contribution in [-0.2, 0) is 5.75 Å². The molecule has 0 aliphatic heterocycles. The average molecular weight is 336 g/mol. The highest BCUT2D eigenvalue weighted by Gasteiger charge is 2.15. The van der Waals surface area contributed by atoms with Gasteiger partial charge >= 0.3 is 0 Å². The molecule has 0 aliphatic carbocycles. The van der Waals surface area contributed by atoms with E-state index in [4.69, 9.17) is 16.0 Å². The van der Waals surface area contributed by atoms with Crippen molar-refractivity contribution < 1.29 is 4.42 Å². The Balaban J connectivity index is 1.61. The van der Waals surface area contributed by atoms with Crippen LogP contribution in [0.1, 0.15) is 11.4 Å². The van der Waals surface area contributed by atoms with Crippen LogP contribution in [0.2, 0.25) is 5.15 Å². The summed E-state index contributed by atoms with van der Waals surface area (Å²) in [4.78, 5) is 9.92. The predicted octanol–water partition coefficient (Wildman–Crippen LogP) is 4.79. The number of hydrogen-bond acceptors (Lipinski definition) is 5. The maximum Gasteiger partial charge on any atom is 0.257 e. The fraction of sp³-hybridized carbons (Fsp3) is 0.143. The van der Waals surface area contributed by atoms with Gasteiger partial charge in [0.05, 0.1) is 5.69 Å². The van der Waals surface area contributed by atoms with Gasteiger partial charge in [-0.2, -0.15) is 0 Å². The number of halogens is 1. The van der Waals surface area contributed by atoms with Gasteiger partial charge in [-0.05, 0) is 19.1 Å². The van der Waals surface area contributed by atoms with Crippen molar-refractivity contribution in [2.45, 2.75) is 17.9 Å². The summed E-state index contributed by atoms with van der Waals surface area (Å²) >= 11 is 9.49. The van der Waals surface area contributed by atoms with Gasteiger partial charge in [0.1, 0.15) is 10.7 Å². The van der Waals surface area contributed by atoms with Crippen molar-refractivity contribution in [3.05, 3.63) is 46.2 Å². The molecule has 4 nitrogen and oxygen atoms in total. The fourth-order valence-electron chi connectivity index (χ4n) is 2.13. The van der Waals surface area contributed by atoms with Gasteiger partial charge in [0, 0.05) is 16.8 Å². The lowest BCUT2D eigenvalue weighted by Gasteiger charge is -1.95. The zero-order valence-corrected chi connectivity index (χ0v) is 13.4. The summed E-state index contributed by atoms with van der Waals surface area (Å²) in [6, 6.07) is 7.73. The minimum atomic E-state index is 0.638. The SMILES string of the molecule is Cc1csc2nc(CSc3nc4ccccc4o3)c(Cl)n12. The summed E-state index contributed by atoms with van der Waals surface area (Å²) in [5.41, 5.74) is 3.63. The van der Waals surface area contributed by atoms with Crippen molar-refractivity contribution >= 4 is 50.8 Å². The van der Waals surface area contributed by atoms with E-state index in [2.05, 4.69) is 9.97 Å². The Bertz CT molecular complexity index is 907. The summed E-state index contributed by atoms with van der Waals surface area (Å²) in [5, 5.41) is 3.36. The summed E-state index contributed by atoms with van der Waals surface area (Å²) in [6.07, 6.45) is 0. The van der Waals surface area contributed by atoms with Gasteiger partial charge in [0.15, 0.2) is 10.5 Å². The minimum Gasteiger partial charge on any atom is -0.431 e. The highest BCUT2D eigenvalue weighted by atomic mass is 35.5. The molecule has 3 heterocycles. The summed E-state index contributed by atoms with van der Waals surface area (Å²) in [5.74, 6) is 0.638. The highest BCUT2D eigenvalue weighted by molar-refractivity contribution is 7.98. The molecule has 3 aromatic heterocycles. The Kier molecular flexibility index (Phi) is 3.17. The van der Waals surface area contributed by atoms with Gasteiger partial charge in [0.2, 0.25) is 0 Å². The van der Waals surface area contributed by atoms with Crippen LogP contribution in [0.25, 0.3) is 16.1 Å². The smallest absolute Gasteiger partial charge is 0.257 e. The molecular formula is C14H10ClN3OS2. The van der Waals surface area contributed by atoms with Gasteiger partial charge in [-0.25, -0.2) is 9.97 Å². The van der Waals surface area contributed by atoms with Gasteiger partial charge in [0.25, 0.3) is 5.22 Å². The molecule has 1 aromatic carbocycles. The number of benzene rings is 1. The lowest BCUT2D eigenvalue weighted by molar-refractivity contribution is 0.489. The molecular weight excluding hydrogens is 326 g/mol. The van der Waals surface area contributed by atoms with Gasteiger partial charge in [-0.1, -0.05) is 35.5 Å². The molecule has 0 saturated carbocycles. The molecule has 0 bridgehead atoms. The second-order valence-corrected chi connectivity index (χ2v) is 6.70. The van der Waals surface area contributed by atoms with E-state index in [9.17, 15) is 0 Å². The lowest BCUT2D eigenvalue weighted by atomic mass is 10.3. The molecule has 0 atom stereocenters. The molecule has 7 heteroatoms. The van der Waals surface area contributed by atoms with Crippen LogP contribution in [0.4, 0.5) is 0 Å². The maximum atomic E-state index is 6.39. The molecule has 21 heavy (non-hydrogen) atoms. The fourth-order valence-corrected chi connectivity index (χ4v) is 4.24. The van der Waals surface area contributed by atoms with Crippen LogP contribution in [0, 0.1) is 6.92 Å². The van der Waals surface area contributed by atoms with Crippen LogP contribution < -0.4 is 0 Å². The van der Waals surface area contributed by atoms with Crippen LogP contribution in [0.5, 0.6) is 0 Å². The number of hydrogen-bond donors (Lipinski definition) is 0. The van der Waals surface area contributed by atoms with Gasteiger partial charge in [-0.3, -0.25) is 4.40 Å². The topological polar surface area (TPSA) is 43.3 Å². The average Bonchev–Trinajstić information content (AvgIpc) is 3.13. The van der Waals surface area contributed by atoms with Crippen molar-refractivity contribution in [1.82, 2.24) is 14.4 Å². The largest absolute Gasteiger partial charge is 0.431 e. The van der Waals surface area contributed by atoms with Crippen molar-refractivity contribution in [2.24, 2.45) is 0 Å².